The van der Waals surface area contributed by atoms with E-state index in [2.05, 4.69) is 24.3 Å². The van der Waals surface area contributed by atoms with E-state index in [0.717, 1.165) is 17.1 Å². The van der Waals surface area contributed by atoms with E-state index in [1.165, 1.54) is 17.4 Å². The second kappa shape index (κ2) is 6.95. The van der Waals surface area contributed by atoms with E-state index in [-0.39, 0.29) is 5.75 Å². The molecule has 106 valence electrons. The number of rotatable bonds is 6. The summed E-state index contributed by atoms with van der Waals surface area (Å²) in [6.45, 7) is 0. The van der Waals surface area contributed by atoms with Crippen LogP contribution in [0.15, 0.2) is 54.6 Å². The van der Waals surface area contributed by atoms with E-state index >= 15 is 0 Å². The lowest BCUT2D eigenvalue weighted by Crippen LogP contribution is -2.00. The van der Waals surface area contributed by atoms with Gasteiger partial charge in [-0.2, -0.15) is 11.8 Å². The van der Waals surface area contributed by atoms with Crippen molar-refractivity contribution in [2.75, 3.05) is 6.26 Å². The smallest absolute Gasteiger partial charge is 0.151 e. The molecule has 0 saturated heterocycles. The zero-order valence-electron chi connectivity index (χ0n) is 11.5. The van der Waals surface area contributed by atoms with Crippen molar-refractivity contribution in [3.63, 3.8) is 0 Å². The molecule has 2 aromatic rings. The molecule has 0 aliphatic heterocycles. The molecule has 0 heterocycles. The van der Waals surface area contributed by atoms with Crippen LogP contribution in [0.1, 0.15) is 16.7 Å². The summed E-state index contributed by atoms with van der Waals surface area (Å²) in [5.74, 6) is 2.05. The van der Waals surface area contributed by atoms with Crippen LogP contribution in [-0.4, -0.2) is 14.7 Å². The molecular formula is C16H18O2S2. The van der Waals surface area contributed by atoms with Crippen molar-refractivity contribution in [1.29, 1.82) is 0 Å². The first kappa shape index (κ1) is 15.1. The molecule has 2 aromatic carbocycles. The molecule has 0 N–H and O–H groups in total. The van der Waals surface area contributed by atoms with Crippen LogP contribution in [0.2, 0.25) is 0 Å². The number of benzene rings is 2. The van der Waals surface area contributed by atoms with Gasteiger partial charge in [0.1, 0.15) is 0 Å². The van der Waals surface area contributed by atoms with Gasteiger partial charge >= 0.3 is 0 Å². The van der Waals surface area contributed by atoms with Gasteiger partial charge in [-0.25, -0.2) is 8.42 Å². The predicted octanol–water partition coefficient (Wildman–Crippen LogP) is 3.66. The van der Waals surface area contributed by atoms with E-state index in [1.807, 2.05) is 42.1 Å². The zero-order valence-corrected chi connectivity index (χ0v) is 13.1. The highest BCUT2D eigenvalue weighted by molar-refractivity contribution is 7.97. The average molecular weight is 306 g/mol. The summed E-state index contributed by atoms with van der Waals surface area (Å²) < 4.78 is 22.4. The second-order valence-electron chi connectivity index (χ2n) is 4.86. The molecule has 20 heavy (non-hydrogen) atoms. The van der Waals surface area contributed by atoms with Gasteiger partial charge < -0.3 is 0 Å². The summed E-state index contributed by atoms with van der Waals surface area (Å²) in [6, 6.07) is 18.2. The maximum atomic E-state index is 11.2. The first-order chi connectivity index (χ1) is 9.53. The van der Waals surface area contributed by atoms with Crippen molar-refractivity contribution < 1.29 is 8.42 Å². The minimum absolute atomic E-state index is 0.116. The Hall–Kier alpha value is -1.26. The lowest BCUT2D eigenvalue weighted by atomic mass is 10.2. The number of thioether (sulfide) groups is 1. The summed E-state index contributed by atoms with van der Waals surface area (Å²) in [4.78, 5) is 0. The van der Waals surface area contributed by atoms with Gasteiger partial charge in [0, 0.05) is 17.8 Å². The molecule has 0 aliphatic carbocycles. The van der Waals surface area contributed by atoms with Crippen LogP contribution in [0.25, 0.3) is 0 Å². The minimum atomic E-state index is -2.95. The average Bonchev–Trinajstić information content (AvgIpc) is 2.40. The van der Waals surface area contributed by atoms with Gasteiger partial charge in [0.2, 0.25) is 0 Å². The zero-order chi connectivity index (χ0) is 14.4. The Balaban J connectivity index is 1.85. The predicted molar refractivity (Wildman–Crippen MR) is 86.4 cm³/mol. The fraction of sp³-hybridized carbons (Fsp3) is 0.250. The second-order valence-corrected chi connectivity index (χ2v) is 7.99. The Morgan fingerprint density at radius 3 is 1.85 bits per heavy atom. The largest absolute Gasteiger partial charge is 0.229 e. The topological polar surface area (TPSA) is 34.1 Å². The van der Waals surface area contributed by atoms with Crippen molar-refractivity contribution in [3.05, 3.63) is 71.3 Å². The van der Waals surface area contributed by atoms with Gasteiger partial charge in [0.15, 0.2) is 9.84 Å². The highest BCUT2D eigenvalue weighted by atomic mass is 32.2. The molecule has 0 saturated carbocycles. The molecule has 0 bridgehead atoms. The van der Waals surface area contributed by atoms with Crippen molar-refractivity contribution >= 4 is 21.6 Å². The molecule has 0 aliphatic rings. The molecule has 4 heteroatoms. The molecule has 0 atom stereocenters. The summed E-state index contributed by atoms with van der Waals surface area (Å²) in [7, 11) is -2.95. The molecule has 0 amide bonds. The molecule has 0 radical (unpaired) electrons. The van der Waals surface area contributed by atoms with Crippen LogP contribution in [0, 0.1) is 0 Å². The van der Waals surface area contributed by atoms with E-state index in [0.29, 0.717) is 0 Å². The summed E-state index contributed by atoms with van der Waals surface area (Å²) in [6.07, 6.45) is 1.26. The fourth-order valence-corrected chi connectivity index (χ4v) is 3.65. The van der Waals surface area contributed by atoms with Crippen LogP contribution >= 0.6 is 11.8 Å². The third kappa shape index (κ3) is 5.39. The highest BCUT2D eigenvalue weighted by Crippen LogP contribution is 2.18. The first-order valence-electron chi connectivity index (χ1n) is 6.40. The van der Waals surface area contributed by atoms with Crippen LogP contribution in [-0.2, 0) is 27.1 Å². The Morgan fingerprint density at radius 1 is 0.800 bits per heavy atom. The van der Waals surface area contributed by atoms with Gasteiger partial charge in [-0.3, -0.25) is 0 Å². The summed E-state index contributed by atoms with van der Waals surface area (Å²) >= 11 is 1.86. The van der Waals surface area contributed by atoms with Crippen LogP contribution in [0.5, 0.6) is 0 Å². The van der Waals surface area contributed by atoms with Crippen molar-refractivity contribution in [3.8, 4) is 0 Å². The SMILES string of the molecule is CS(=O)(=O)Cc1ccc(CSCc2ccccc2)cc1. The van der Waals surface area contributed by atoms with Crippen molar-refractivity contribution in [2.24, 2.45) is 0 Å². The molecule has 0 aromatic heterocycles. The summed E-state index contributed by atoms with van der Waals surface area (Å²) in [5.41, 5.74) is 3.40. The lowest BCUT2D eigenvalue weighted by Gasteiger charge is -2.04. The van der Waals surface area contributed by atoms with Crippen LogP contribution < -0.4 is 0 Å². The van der Waals surface area contributed by atoms with Gasteiger partial charge in [-0.1, -0.05) is 54.6 Å². The van der Waals surface area contributed by atoms with E-state index < -0.39 is 9.84 Å². The maximum absolute atomic E-state index is 11.2. The van der Waals surface area contributed by atoms with Gasteiger partial charge in [-0.15, -0.1) is 0 Å². The Bertz CT molecular complexity index is 632. The normalized spacial score (nSPS) is 11.4. The van der Waals surface area contributed by atoms with E-state index in [1.54, 1.807) is 0 Å². The molecular weight excluding hydrogens is 288 g/mol. The van der Waals surface area contributed by atoms with Crippen molar-refractivity contribution in [1.82, 2.24) is 0 Å². The van der Waals surface area contributed by atoms with Crippen LogP contribution in [0.3, 0.4) is 0 Å². The summed E-state index contributed by atoms with van der Waals surface area (Å²) in [5, 5.41) is 0. The lowest BCUT2D eigenvalue weighted by molar-refractivity contribution is 0.601. The molecule has 0 spiro atoms. The third-order valence-electron chi connectivity index (χ3n) is 2.83. The number of hydrogen-bond donors (Lipinski definition) is 0. The van der Waals surface area contributed by atoms with E-state index in [9.17, 15) is 8.42 Å². The molecule has 0 unspecified atom stereocenters. The monoisotopic (exact) mass is 306 g/mol. The standard InChI is InChI=1S/C16H18O2S2/c1-20(17,18)13-16-9-7-15(8-10-16)12-19-11-14-5-3-2-4-6-14/h2-10H,11-13H2,1H3. The fourth-order valence-electron chi connectivity index (χ4n) is 1.90. The van der Waals surface area contributed by atoms with Crippen molar-refractivity contribution in [2.45, 2.75) is 17.3 Å². The molecule has 0 fully saturated rings. The first-order valence-corrected chi connectivity index (χ1v) is 9.62. The Morgan fingerprint density at radius 2 is 1.30 bits per heavy atom. The van der Waals surface area contributed by atoms with Gasteiger partial charge in [-0.05, 0) is 16.7 Å². The Kier molecular flexibility index (Phi) is 5.26. The third-order valence-corrected chi connectivity index (χ3v) is 4.76. The minimum Gasteiger partial charge on any atom is -0.229 e. The van der Waals surface area contributed by atoms with Crippen LogP contribution in [0.4, 0.5) is 0 Å². The highest BCUT2D eigenvalue weighted by Gasteiger charge is 2.04. The molecule has 2 rings (SSSR count). The van der Waals surface area contributed by atoms with Gasteiger partial charge in [0.25, 0.3) is 0 Å². The maximum Gasteiger partial charge on any atom is 0.151 e. The quantitative estimate of drug-likeness (QED) is 0.816. The number of sulfone groups is 1. The van der Waals surface area contributed by atoms with Gasteiger partial charge in [0.05, 0.1) is 5.75 Å². The Labute approximate surface area is 125 Å². The molecule has 2 nitrogen and oxygen atoms in total. The number of hydrogen-bond acceptors (Lipinski definition) is 3. The van der Waals surface area contributed by atoms with E-state index in [4.69, 9.17) is 0 Å².